The molecule has 0 heterocycles. The third-order valence-electron chi connectivity index (χ3n) is 2.97. The molecular formula is C15H26Nb. The summed E-state index contributed by atoms with van der Waals surface area (Å²) in [5, 5.41) is 0. The predicted molar refractivity (Wildman–Crippen MR) is 71.4 cm³/mol. The summed E-state index contributed by atoms with van der Waals surface area (Å²) in [7, 11) is 0. The van der Waals surface area contributed by atoms with Crippen LogP contribution in [0.1, 0.15) is 48.0 Å². The predicted octanol–water partition coefficient (Wildman–Crippen LogP) is 4.55. The second kappa shape index (κ2) is 6.14. The summed E-state index contributed by atoms with van der Waals surface area (Å²) in [5.74, 6) is 0.652. The molecule has 0 spiro atoms. The van der Waals surface area contributed by atoms with E-state index in [1.807, 2.05) is 6.08 Å². The minimum absolute atomic E-state index is 0.210. The Morgan fingerprint density at radius 1 is 1.19 bits per heavy atom. The van der Waals surface area contributed by atoms with Gasteiger partial charge in [0.15, 0.2) is 0 Å². The van der Waals surface area contributed by atoms with Gasteiger partial charge in [0.1, 0.15) is 0 Å². The van der Waals surface area contributed by atoms with E-state index in [1.54, 1.807) is 20.6 Å². The Kier molecular flexibility index (Phi) is 6.17. The van der Waals surface area contributed by atoms with Gasteiger partial charge in [-0.1, -0.05) is 0 Å². The fraction of sp³-hybridized carbons (Fsp3) is 0.667. The van der Waals surface area contributed by atoms with Crippen molar-refractivity contribution in [3.05, 3.63) is 24.3 Å². The van der Waals surface area contributed by atoms with Crippen molar-refractivity contribution in [2.24, 2.45) is 16.7 Å². The van der Waals surface area contributed by atoms with Gasteiger partial charge in [0, 0.05) is 0 Å². The van der Waals surface area contributed by atoms with Crippen LogP contribution in [0, 0.1) is 16.7 Å². The van der Waals surface area contributed by atoms with Gasteiger partial charge in [0.2, 0.25) is 0 Å². The summed E-state index contributed by atoms with van der Waals surface area (Å²) in [6.07, 6.45) is 5.48. The summed E-state index contributed by atoms with van der Waals surface area (Å²) in [5.41, 5.74) is 1.92. The normalized spacial score (nSPS) is 15.7. The topological polar surface area (TPSA) is 0 Å². The van der Waals surface area contributed by atoms with Crippen molar-refractivity contribution in [1.82, 2.24) is 0 Å². The molecule has 0 N–H and O–H groups in total. The molecule has 0 radical (unpaired) electrons. The maximum absolute atomic E-state index is 3.92. The van der Waals surface area contributed by atoms with Crippen molar-refractivity contribution in [2.45, 2.75) is 48.0 Å². The van der Waals surface area contributed by atoms with Crippen LogP contribution in [0.5, 0.6) is 0 Å². The van der Waals surface area contributed by atoms with Gasteiger partial charge in [-0.05, 0) is 0 Å². The molecule has 0 nitrogen and oxygen atoms in total. The zero-order chi connectivity index (χ0) is 13.0. The van der Waals surface area contributed by atoms with Crippen molar-refractivity contribution in [1.29, 1.82) is 0 Å². The van der Waals surface area contributed by atoms with Crippen LogP contribution in [0.4, 0.5) is 0 Å². The fourth-order valence-electron chi connectivity index (χ4n) is 1.59. The third kappa shape index (κ3) is 5.43. The van der Waals surface area contributed by atoms with Crippen molar-refractivity contribution in [2.75, 3.05) is 0 Å². The number of rotatable bonds is 4. The Morgan fingerprint density at radius 2 is 1.69 bits per heavy atom. The molecule has 0 aliphatic rings. The molecule has 0 bridgehead atoms. The summed E-state index contributed by atoms with van der Waals surface area (Å²) in [4.78, 5) is 0. The molecule has 0 amide bonds. The average molecular weight is 299 g/mol. The van der Waals surface area contributed by atoms with Gasteiger partial charge in [-0.15, -0.1) is 0 Å². The van der Waals surface area contributed by atoms with Crippen molar-refractivity contribution < 1.29 is 20.6 Å². The zero-order valence-electron chi connectivity index (χ0n) is 11.7. The Morgan fingerprint density at radius 3 is 1.94 bits per heavy atom. The van der Waals surface area contributed by atoms with E-state index in [1.165, 1.54) is 5.57 Å². The SMILES string of the molecule is C=C/C(=C\CC([CH]=[Nb])C(C)(C)C)C(C)(C)C. The van der Waals surface area contributed by atoms with Crippen molar-refractivity contribution >= 4 is 4.23 Å². The van der Waals surface area contributed by atoms with E-state index in [-0.39, 0.29) is 5.41 Å². The van der Waals surface area contributed by atoms with Crippen LogP contribution in [0.15, 0.2) is 24.3 Å². The van der Waals surface area contributed by atoms with Crippen LogP contribution in [-0.4, -0.2) is 4.23 Å². The second-order valence-electron chi connectivity index (χ2n) is 6.47. The molecule has 0 saturated carbocycles. The summed E-state index contributed by atoms with van der Waals surface area (Å²) in [6.45, 7) is 17.6. The molecular weight excluding hydrogens is 273 g/mol. The Bertz CT molecular complexity index is 271. The standard InChI is InChI=1S/C15H26.Nb/c1-9-13(15(6,7)8)11-10-12(2)14(3,4)5;/h2,9,11-12H,1,10H2,3-8H3;/b13-11+;. The van der Waals surface area contributed by atoms with E-state index >= 15 is 0 Å². The molecule has 1 unspecified atom stereocenters. The third-order valence-corrected chi connectivity index (χ3v) is 3.85. The first-order chi connectivity index (χ1) is 7.12. The van der Waals surface area contributed by atoms with Crippen LogP contribution >= 0.6 is 0 Å². The number of allylic oxidation sites excluding steroid dienone is 3. The minimum atomic E-state index is 0.210. The molecule has 0 rings (SSSR count). The van der Waals surface area contributed by atoms with Gasteiger partial charge < -0.3 is 0 Å². The molecule has 16 heavy (non-hydrogen) atoms. The van der Waals surface area contributed by atoms with Crippen molar-refractivity contribution in [3.8, 4) is 0 Å². The zero-order valence-corrected chi connectivity index (χ0v) is 13.9. The van der Waals surface area contributed by atoms with Crippen LogP contribution in [-0.2, 0) is 20.6 Å². The van der Waals surface area contributed by atoms with E-state index in [9.17, 15) is 0 Å². The summed E-state index contributed by atoms with van der Waals surface area (Å²) < 4.78 is 2.37. The second-order valence-corrected chi connectivity index (χ2v) is 7.20. The molecule has 0 aliphatic carbocycles. The van der Waals surface area contributed by atoms with E-state index in [4.69, 9.17) is 0 Å². The van der Waals surface area contributed by atoms with Gasteiger partial charge in [-0.2, -0.15) is 0 Å². The van der Waals surface area contributed by atoms with Crippen LogP contribution in [0.25, 0.3) is 0 Å². The van der Waals surface area contributed by atoms with Crippen LogP contribution in [0.2, 0.25) is 0 Å². The first-order valence-electron chi connectivity index (χ1n) is 5.93. The van der Waals surface area contributed by atoms with Crippen LogP contribution < -0.4 is 0 Å². The summed E-state index contributed by atoms with van der Waals surface area (Å²) in [6, 6.07) is 0. The fourth-order valence-corrected chi connectivity index (χ4v) is 2.99. The maximum atomic E-state index is 3.92. The van der Waals surface area contributed by atoms with Gasteiger partial charge in [-0.3, -0.25) is 0 Å². The van der Waals surface area contributed by atoms with E-state index in [0.717, 1.165) is 6.42 Å². The first kappa shape index (κ1) is 16.1. The Balaban J connectivity index is 4.79. The van der Waals surface area contributed by atoms with E-state index < -0.39 is 0 Å². The van der Waals surface area contributed by atoms with Gasteiger partial charge >= 0.3 is 114 Å². The summed E-state index contributed by atoms with van der Waals surface area (Å²) >= 11 is 1.81. The first-order valence-corrected chi connectivity index (χ1v) is 7.20. The number of hydrogen-bond acceptors (Lipinski definition) is 0. The molecule has 0 aromatic carbocycles. The van der Waals surface area contributed by atoms with Crippen LogP contribution in [0.3, 0.4) is 0 Å². The van der Waals surface area contributed by atoms with Gasteiger partial charge in [0.05, 0.1) is 0 Å². The van der Waals surface area contributed by atoms with E-state index in [2.05, 4.69) is 58.4 Å². The van der Waals surface area contributed by atoms with Crippen molar-refractivity contribution in [3.63, 3.8) is 0 Å². The molecule has 91 valence electrons. The monoisotopic (exact) mass is 299 g/mol. The quantitative estimate of drug-likeness (QED) is 0.528. The Labute approximate surface area is 114 Å². The molecule has 0 aromatic heterocycles. The molecule has 0 fully saturated rings. The molecule has 0 saturated heterocycles. The number of hydrogen-bond donors (Lipinski definition) is 0. The molecule has 1 heteroatoms. The van der Waals surface area contributed by atoms with E-state index in [0.29, 0.717) is 11.3 Å². The molecule has 1 atom stereocenters. The molecule has 0 aromatic rings. The Hall–Kier alpha value is 0.0903. The van der Waals surface area contributed by atoms with Gasteiger partial charge in [-0.25, -0.2) is 0 Å². The average Bonchev–Trinajstić information content (AvgIpc) is 2.08. The molecule has 0 aliphatic heterocycles. The van der Waals surface area contributed by atoms with Gasteiger partial charge in [0.25, 0.3) is 0 Å².